The first-order chi connectivity index (χ1) is 8.56. The molecule has 0 aromatic heterocycles. The number of benzene rings is 1. The highest BCUT2D eigenvalue weighted by atomic mass is 35.5. The molecule has 1 unspecified atom stereocenters. The van der Waals surface area contributed by atoms with Gasteiger partial charge in [-0.1, -0.05) is 11.6 Å². The van der Waals surface area contributed by atoms with Gasteiger partial charge in [0, 0.05) is 18.2 Å². The maximum absolute atomic E-state index is 13.4. The summed E-state index contributed by atoms with van der Waals surface area (Å²) in [6.45, 7) is 2.54. The minimum atomic E-state index is -0.573. The fourth-order valence-electron chi connectivity index (χ4n) is 1.44. The molecule has 0 heterocycles. The van der Waals surface area contributed by atoms with Crippen molar-refractivity contribution in [3.05, 3.63) is 29.0 Å². The van der Waals surface area contributed by atoms with E-state index in [4.69, 9.17) is 22.1 Å². The fraction of sp³-hybridized carbons (Fsp3) is 0.417. The molecule has 18 heavy (non-hydrogen) atoms. The van der Waals surface area contributed by atoms with Crippen LogP contribution in [0.3, 0.4) is 0 Å². The average molecular weight is 275 g/mol. The van der Waals surface area contributed by atoms with Crippen LogP contribution in [-0.2, 0) is 9.53 Å². The highest BCUT2D eigenvalue weighted by Crippen LogP contribution is 2.19. The van der Waals surface area contributed by atoms with E-state index in [9.17, 15) is 9.18 Å². The Labute approximate surface area is 110 Å². The third kappa shape index (κ3) is 4.60. The summed E-state index contributed by atoms with van der Waals surface area (Å²) in [5, 5.41) is 2.73. The first kappa shape index (κ1) is 14.9. The van der Waals surface area contributed by atoms with Crippen LogP contribution in [0.2, 0.25) is 5.02 Å². The molecule has 0 aliphatic carbocycles. The van der Waals surface area contributed by atoms with E-state index in [1.54, 1.807) is 0 Å². The average Bonchev–Trinajstić information content (AvgIpc) is 2.32. The Kier molecular flexibility index (Phi) is 6.04. The molecule has 0 radical (unpaired) electrons. The lowest BCUT2D eigenvalue weighted by Gasteiger charge is -2.14. The van der Waals surface area contributed by atoms with Crippen molar-refractivity contribution >= 4 is 23.2 Å². The number of amides is 1. The Hall–Kier alpha value is -1.17. The molecule has 1 amide bonds. The fourth-order valence-corrected chi connectivity index (χ4v) is 1.60. The number of anilines is 1. The number of halogens is 2. The lowest BCUT2D eigenvalue weighted by molar-refractivity contribution is -0.118. The molecule has 0 saturated carbocycles. The number of nitrogens with one attached hydrogen (secondary N) is 1. The molecule has 4 nitrogen and oxygen atoms in total. The topological polar surface area (TPSA) is 64.3 Å². The molecular formula is C12H16ClFN2O2. The van der Waals surface area contributed by atoms with Crippen molar-refractivity contribution in [2.45, 2.75) is 19.4 Å². The standard InChI is InChI=1S/C12H16ClFN2O2/c1-2-18-9(7-15)6-12(17)16-11-4-3-8(13)5-10(11)14/h3-5,9H,2,6-7,15H2,1H3,(H,16,17). The lowest BCUT2D eigenvalue weighted by Crippen LogP contribution is -2.29. The Bertz CT molecular complexity index is 415. The number of nitrogens with two attached hydrogens (primary N) is 1. The van der Waals surface area contributed by atoms with Crippen LogP contribution in [-0.4, -0.2) is 25.2 Å². The van der Waals surface area contributed by atoms with Crippen molar-refractivity contribution in [1.29, 1.82) is 0 Å². The molecule has 100 valence electrons. The van der Waals surface area contributed by atoms with Crippen molar-refractivity contribution < 1.29 is 13.9 Å². The second-order valence-electron chi connectivity index (χ2n) is 3.69. The first-order valence-electron chi connectivity index (χ1n) is 5.63. The Balaban J connectivity index is 2.58. The molecule has 1 aromatic carbocycles. The summed E-state index contributed by atoms with van der Waals surface area (Å²) in [5.41, 5.74) is 5.55. The van der Waals surface area contributed by atoms with Crippen LogP contribution < -0.4 is 11.1 Å². The van der Waals surface area contributed by atoms with E-state index in [1.165, 1.54) is 12.1 Å². The van der Waals surface area contributed by atoms with Gasteiger partial charge >= 0.3 is 0 Å². The largest absolute Gasteiger partial charge is 0.377 e. The van der Waals surface area contributed by atoms with E-state index < -0.39 is 5.82 Å². The molecule has 0 spiro atoms. The zero-order valence-corrected chi connectivity index (χ0v) is 10.8. The van der Waals surface area contributed by atoms with Crippen molar-refractivity contribution in [2.24, 2.45) is 5.73 Å². The van der Waals surface area contributed by atoms with Crippen molar-refractivity contribution in [3.8, 4) is 0 Å². The van der Waals surface area contributed by atoms with Gasteiger partial charge in [-0.25, -0.2) is 4.39 Å². The van der Waals surface area contributed by atoms with Crippen LogP contribution in [0, 0.1) is 5.82 Å². The number of carbonyl (C=O) groups is 1. The molecule has 1 aromatic rings. The minimum Gasteiger partial charge on any atom is -0.377 e. The number of ether oxygens (including phenoxy) is 1. The molecule has 0 bridgehead atoms. The maximum Gasteiger partial charge on any atom is 0.227 e. The molecule has 0 fully saturated rings. The van der Waals surface area contributed by atoms with Crippen LogP contribution in [0.4, 0.5) is 10.1 Å². The third-order valence-corrected chi connectivity index (χ3v) is 2.52. The van der Waals surface area contributed by atoms with Crippen molar-refractivity contribution in [2.75, 3.05) is 18.5 Å². The zero-order valence-electron chi connectivity index (χ0n) is 10.1. The molecule has 1 rings (SSSR count). The summed E-state index contributed by atoms with van der Waals surface area (Å²) >= 11 is 5.61. The minimum absolute atomic E-state index is 0.0897. The van der Waals surface area contributed by atoms with Gasteiger partial charge in [-0.05, 0) is 25.1 Å². The first-order valence-corrected chi connectivity index (χ1v) is 6.01. The summed E-state index contributed by atoms with van der Waals surface area (Å²) < 4.78 is 18.7. The normalized spacial score (nSPS) is 12.2. The quantitative estimate of drug-likeness (QED) is 0.836. The lowest BCUT2D eigenvalue weighted by atomic mass is 10.2. The van der Waals surface area contributed by atoms with Gasteiger partial charge in [-0.3, -0.25) is 4.79 Å². The maximum atomic E-state index is 13.4. The predicted octanol–water partition coefficient (Wildman–Crippen LogP) is 2.17. The van der Waals surface area contributed by atoms with Crippen LogP contribution in [0.15, 0.2) is 18.2 Å². The monoisotopic (exact) mass is 274 g/mol. The molecule has 0 aliphatic rings. The van der Waals surface area contributed by atoms with E-state index in [1.807, 2.05) is 6.92 Å². The van der Waals surface area contributed by atoms with E-state index >= 15 is 0 Å². The van der Waals surface area contributed by atoms with E-state index in [2.05, 4.69) is 5.32 Å². The molecular weight excluding hydrogens is 259 g/mol. The highest BCUT2D eigenvalue weighted by molar-refractivity contribution is 6.30. The predicted molar refractivity (Wildman–Crippen MR) is 69.1 cm³/mol. The Morgan fingerprint density at radius 1 is 1.61 bits per heavy atom. The molecule has 0 aliphatic heterocycles. The summed E-state index contributed by atoms with van der Waals surface area (Å²) in [4.78, 5) is 11.6. The Morgan fingerprint density at radius 3 is 2.89 bits per heavy atom. The second kappa shape index (κ2) is 7.31. The summed E-state index contributed by atoms with van der Waals surface area (Å²) in [7, 11) is 0. The van der Waals surface area contributed by atoms with E-state index in [0.29, 0.717) is 6.61 Å². The van der Waals surface area contributed by atoms with Crippen LogP contribution in [0.5, 0.6) is 0 Å². The molecule has 0 saturated heterocycles. The van der Waals surface area contributed by atoms with E-state index in [0.717, 1.165) is 6.07 Å². The zero-order chi connectivity index (χ0) is 13.5. The van der Waals surface area contributed by atoms with Gasteiger partial charge in [0.25, 0.3) is 0 Å². The smallest absolute Gasteiger partial charge is 0.227 e. The van der Waals surface area contributed by atoms with Crippen LogP contribution in [0.25, 0.3) is 0 Å². The van der Waals surface area contributed by atoms with Crippen LogP contribution >= 0.6 is 11.6 Å². The van der Waals surface area contributed by atoms with Crippen molar-refractivity contribution in [3.63, 3.8) is 0 Å². The van der Waals surface area contributed by atoms with Gasteiger partial charge in [0.2, 0.25) is 5.91 Å². The van der Waals surface area contributed by atoms with Gasteiger partial charge in [-0.2, -0.15) is 0 Å². The molecule has 3 N–H and O–H groups in total. The third-order valence-electron chi connectivity index (χ3n) is 2.28. The number of hydrogen-bond donors (Lipinski definition) is 2. The second-order valence-corrected chi connectivity index (χ2v) is 4.13. The van der Waals surface area contributed by atoms with Crippen molar-refractivity contribution in [1.82, 2.24) is 0 Å². The van der Waals surface area contributed by atoms with Gasteiger partial charge in [0.05, 0.1) is 18.2 Å². The highest BCUT2D eigenvalue weighted by Gasteiger charge is 2.14. The Morgan fingerprint density at radius 2 is 2.33 bits per heavy atom. The van der Waals surface area contributed by atoms with Gasteiger partial charge in [0.1, 0.15) is 5.82 Å². The number of carbonyl (C=O) groups excluding carboxylic acids is 1. The van der Waals surface area contributed by atoms with Gasteiger partial charge in [0.15, 0.2) is 0 Å². The molecule has 1 atom stereocenters. The van der Waals surface area contributed by atoms with Gasteiger partial charge in [-0.15, -0.1) is 0 Å². The number of rotatable bonds is 6. The van der Waals surface area contributed by atoms with Crippen LogP contribution in [0.1, 0.15) is 13.3 Å². The van der Waals surface area contributed by atoms with Gasteiger partial charge < -0.3 is 15.8 Å². The summed E-state index contributed by atoms with van der Waals surface area (Å²) in [6, 6.07) is 4.05. The number of hydrogen-bond acceptors (Lipinski definition) is 3. The summed E-state index contributed by atoms with van der Waals surface area (Å²) in [5.74, 6) is -0.920. The molecule has 6 heteroatoms. The van der Waals surface area contributed by atoms with E-state index in [-0.39, 0.29) is 35.7 Å². The SMILES string of the molecule is CCOC(CN)CC(=O)Nc1ccc(Cl)cc1F. The summed E-state index contributed by atoms with van der Waals surface area (Å²) in [6.07, 6.45) is -0.266.